The number of pyridine rings is 1. The van der Waals surface area contributed by atoms with Crippen molar-refractivity contribution in [2.75, 3.05) is 6.61 Å². The first-order valence-electron chi connectivity index (χ1n) is 7.10. The summed E-state index contributed by atoms with van der Waals surface area (Å²) in [5.74, 6) is -0.476. The number of imide groups is 1. The number of hydrogen-bond acceptors (Lipinski definition) is 4. The molecule has 1 aromatic heterocycles. The molecule has 1 unspecified atom stereocenters. The van der Waals surface area contributed by atoms with Crippen LogP contribution in [-0.4, -0.2) is 28.5 Å². The Morgan fingerprint density at radius 1 is 1.21 bits per heavy atom. The van der Waals surface area contributed by atoms with Crippen LogP contribution in [0.2, 0.25) is 10.3 Å². The fraction of sp³-hybridized carbons (Fsp3) is 0.118. The van der Waals surface area contributed by atoms with Gasteiger partial charge in [-0.3, -0.25) is 4.79 Å². The van der Waals surface area contributed by atoms with Crippen LogP contribution in [0.3, 0.4) is 0 Å². The fourth-order valence-corrected chi connectivity index (χ4v) is 2.89. The predicted molar refractivity (Wildman–Crippen MR) is 90.7 cm³/mol. The van der Waals surface area contributed by atoms with Crippen LogP contribution in [-0.2, 0) is 9.53 Å². The lowest BCUT2D eigenvalue weighted by Crippen LogP contribution is -2.32. The molecule has 2 aromatic rings. The molecule has 122 valence electrons. The third-order valence-corrected chi connectivity index (χ3v) is 3.89. The number of amides is 2. The maximum atomic E-state index is 12.4. The van der Waals surface area contributed by atoms with Crippen molar-refractivity contribution < 1.29 is 14.3 Å². The molecule has 1 fully saturated rings. The number of hydrogen-bond donors (Lipinski definition) is 0. The van der Waals surface area contributed by atoms with Crippen molar-refractivity contribution in [3.63, 3.8) is 0 Å². The maximum absolute atomic E-state index is 12.4. The van der Waals surface area contributed by atoms with Gasteiger partial charge in [-0.2, -0.15) is 0 Å². The number of nitrogens with zero attached hydrogens (tertiary/aromatic N) is 2. The highest BCUT2D eigenvalue weighted by molar-refractivity contribution is 6.32. The van der Waals surface area contributed by atoms with E-state index < -0.39 is 18.0 Å². The van der Waals surface area contributed by atoms with E-state index in [-0.39, 0.29) is 16.9 Å². The lowest BCUT2D eigenvalue weighted by Gasteiger charge is -2.18. The van der Waals surface area contributed by atoms with E-state index in [9.17, 15) is 9.59 Å². The van der Waals surface area contributed by atoms with Gasteiger partial charge in [0.15, 0.2) is 0 Å². The van der Waals surface area contributed by atoms with Crippen LogP contribution in [0.5, 0.6) is 0 Å². The van der Waals surface area contributed by atoms with Gasteiger partial charge < -0.3 is 4.74 Å². The van der Waals surface area contributed by atoms with Gasteiger partial charge in [0.25, 0.3) is 5.91 Å². The zero-order chi connectivity index (χ0) is 17.1. The molecule has 0 aliphatic carbocycles. The average molecular weight is 363 g/mol. The van der Waals surface area contributed by atoms with Crippen LogP contribution in [0.25, 0.3) is 6.08 Å². The monoisotopic (exact) mass is 362 g/mol. The van der Waals surface area contributed by atoms with Crippen molar-refractivity contribution in [3.8, 4) is 0 Å². The Labute approximate surface area is 148 Å². The molecule has 7 heteroatoms. The molecule has 3 rings (SSSR count). The van der Waals surface area contributed by atoms with Crippen molar-refractivity contribution in [1.82, 2.24) is 9.88 Å². The summed E-state index contributed by atoms with van der Waals surface area (Å²) in [5.41, 5.74) is 1.44. The highest BCUT2D eigenvalue weighted by Crippen LogP contribution is 2.28. The Hall–Kier alpha value is -2.37. The molecule has 1 atom stereocenters. The largest absolute Gasteiger partial charge is 0.446 e. The highest BCUT2D eigenvalue weighted by Gasteiger charge is 2.37. The minimum atomic E-state index is -0.663. The molecule has 0 radical (unpaired) electrons. The molecule has 1 aliphatic rings. The van der Waals surface area contributed by atoms with E-state index >= 15 is 0 Å². The zero-order valence-electron chi connectivity index (χ0n) is 12.4. The SMILES string of the molecule is O=C(/C=C/c1cc(Cl)nc(Cl)c1)N1C(=O)OCC1c1ccccc1. The first-order valence-corrected chi connectivity index (χ1v) is 7.86. The van der Waals surface area contributed by atoms with Crippen molar-refractivity contribution in [3.05, 3.63) is 70.0 Å². The molecule has 5 nitrogen and oxygen atoms in total. The van der Waals surface area contributed by atoms with Crippen LogP contribution in [0.4, 0.5) is 4.79 Å². The van der Waals surface area contributed by atoms with Crippen LogP contribution in [0, 0.1) is 0 Å². The van der Waals surface area contributed by atoms with Gasteiger partial charge in [0.05, 0.1) is 0 Å². The van der Waals surface area contributed by atoms with E-state index in [0.717, 1.165) is 10.5 Å². The van der Waals surface area contributed by atoms with Gasteiger partial charge in [0.1, 0.15) is 23.0 Å². The zero-order valence-corrected chi connectivity index (χ0v) is 13.9. The molecule has 0 N–H and O–H groups in total. The lowest BCUT2D eigenvalue weighted by molar-refractivity contribution is -0.124. The molecule has 0 saturated carbocycles. The minimum Gasteiger partial charge on any atom is -0.446 e. The van der Waals surface area contributed by atoms with Gasteiger partial charge in [-0.1, -0.05) is 53.5 Å². The Bertz CT molecular complexity index is 788. The number of halogens is 2. The number of rotatable bonds is 3. The fourth-order valence-electron chi connectivity index (χ4n) is 2.41. The highest BCUT2D eigenvalue weighted by atomic mass is 35.5. The standard InChI is InChI=1S/C17H12Cl2N2O3/c18-14-8-11(9-15(19)20-14)6-7-16(22)21-13(10-24-17(21)23)12-4-2-1-3-5-12/h1-9,13H,10H2/b7-6+. The second kappa shape index (κ2) is 7.03. The van der Waals surface area contributed by atoms with Gasteiger partial charge in [0, 0.05) is 6.08 Å². The maximum Gasteiger partial charge on any atom is 0.417 e. The molecule has 2 amide bonds. The first-order chi connectivity index (χ1) is 11.5. The quantitative estimate of drug-likeness (QED) is 0.608. The van der Waals surface area contributed by atoms with Gasteiger partial charge in [-0.25, -0.2) is 14.7 Å². The number of carbonyl (C=O) groups excluding carboxylic acids is 2. The van der Waals surface area contributed by atoms with E-state index in [4.69, 9.17) is 27.9 Å². The van der Waals surface area contributed by atoms with Crippen molar-refractivity contribution in [2.45, 2.75) is 6.04 Å². The van der Waals surface area contributed by atoms with Crippen LogP contribution < -0.4 is 0 Å². The number of benzene rings is 1. The Morgan fingerprint density at radius 3 is 2.54 bits per heavy atom. The Balaban J connectivity index is 1.82. The van der Waals surface area contributed by atoms with E-state index in [0.29, 0.717) is 5.56 Å². The van der Waals surface area contributed by atoms with E-state index in [1.807, 2.05) is 30.3 Å². The first kappa shape index (κ1) is 16.5. The second-order valence-electron chi connectivity index (χ2n) is 5.09. The molecule has 2 heterocycles. The smallest absolute Gasteiger partial charge is 0.417 e. The van der Waals surface area contributed by atoms with Crippen LogP contribution in [0.15, 0.2) is 48.5 Å². The Morgan fingerprint density at radius 2 is 1.88 bits per heavy atom. The number of aromatic nitrogens is 1. The van der Waals surface area contributed by atoms with Crippen LogP contribution >= 0.6 is 23.2 Å². The molecule has 1 saturated heterocycles. The Kier molecular flexibility index (Phi) is 4.83. The number of carbonyl (C=O) groups is 2. The number of cyclic esters (lactones) is 1. The number of ether oxygens (including phenoxy) is 1. The van der Waals surface area contributed by atoms with E-state index in [1.54, 1.807) is 12.1 Å². The molecule has 0 spiro atoms. The van der Waals surface area contributed by atoms with E-state index in [1.165, 1.54) is 12.2 Å². The summed E-state index contributed by atoms with van der Waals surface area (Å²) in [6, 6.07) is 11.9. The van der Waals surface area contributed by atoms with Gasteiger partial charge >= 0.3 is 6.09 Å². The predicted octanol–water partition coefficient (Wildman–Crippen LogP) is 4.12. The normalized spacial score (nSPS) is 17.3. The van der Waals surface area contributed by atoms with Crippen molar-refractivity contribution >= 4 is 41.3 Å². The average Bonchev–Trinajstić information content (AvgIpc) is 2.94. The molecule has 24 heavy (non-hydrogen) atoms. The summed E-state index contributed by atoms with van der Waals surface area (Å²) in [5, 5.41) is 0.440. The third kappa shape index (κ3) is 3.58. The van der Waals surface area contributed by atoms with Gasteiger partial charge in [0.2, 0.25) is 0 Å². The summed E-state index contributed by atoms with van der Waals surface area (Å²) in [4.78, 5) is 29.3. The molecular weight excluding hydrogens is 351 g/mol. The molecule has 1 aliphatic heterocycles. The van der Waals surface area contributed by atoms with Crippen molar-refractivity contribution in [1.29, 1.82) is 0 Å². The second-order valence-corrected chi connectivity index (χ2v) is 5.87. The summed E-state index contributed by atoms with van der Waals surface area (Å²) in [6.45, 7) is 0.134. The van der Waals surface area contributed by atoms with E-state index in [2.05, 4.69) is 4.98 Å². The summed E-state index contributed by atoms with van der Waals surface area (Å²) in [6.07, 6.45) is 2.14. The molecule has 0 bridgehead atoms. The lowest BCUT2D eigenvalue weighted by atomic mass is 10.1. The topological polar surface area (TPSA) is 59.5 Å². The van der Waals surface area contributed by atoms with Gasteiger partial charge in [-0.15, -0.1) is 0 Å². The summed E-state index contributed by atoms with van der Waals surface area (Å²) in [7, 11) is 0. The molecule has 1 aromatic carbocycles. The van der Waals surface area contributed by atoms with Crippen LogP contribution in [0.1, 0.15) is 17.2 Å². The third-order valence-electron chi connectivity index (χ3n) is 3.50. The summed E-state index contributed by atoms with van der Waals surface area (Å²) < 4.78 is 5.02. The van der Waals surface area contributed by atoms with Crippen molar-refractivity contribution in [2.24, 2.45) is 0 Å². The minimum absolute atomic E-state index is 0.134. The molecular formula is C17H12Cl2N2O3. The summed E-state index contributed by atoms with van der Waals surface area (Å²) >= 11 is 11.6. The van der Waals surface area contributed by atoms with Gasteiger partial charge in [-0.05, 0) is 29.3 Å².